The first-order valence-corrected chi connectivity index (χ1v) is 5.87. The zero-order chi connectivity index (χ0) is 12.3. The zero-order valence-corrected chi connectivity index (χ0v) is 9.95. The SMILES string of the molecule is CN(Cc1cccc(F)c1)C(=O)CNC1CC1. The third-order valence-electron chi connectivity index (χ3n) is 2.85. The number of hydrogen-bond donors (Lipinski definition) is 1. The van der Waals surface area contributed by atoms with Crippen LogP contribution in [0.1, 0.15) is 18.4 Å². The van der Waals surface area contributed by atoms with Gasteiger partial charge in [0.1, 0.15) is 5.82 Å². The molecule has 0 unspecified atom stereocenters. The zero-order valence-electron chi connectivity index (χ0n) is 9.95. The lowest BCUT2D eigenvalue weighted by Crippen LogP contribution is -2.35. The summed E-state index contributed by atoms with van der Waals surface area (Å²) in [6.45, 7) is 0.819. The Bertz CT molecular complexity index is 404. The van der Waals surface area contributed by atoms with Crippen molar-refractivity contribution in [1.82, 2.24) is 10.2 Å². The molecule has 1 saturated carbocycles. The van der Waals surface area contributed by atoms with Crippen LogP contribution < -0.4 is 5.32 Å². The van der Waals surface area contributed by atoms with Gasteiger partial charge in [-0.05, 0) is 30.5 Å². The summed E-state index contributed by atoms with van der Waals surface area (Å²) in [5.41, 5.74) is 0.812. The van der Waals surface area contributed by atoms with Gasteiger partial charge >= 0.3 is 0 Å². The average molecular weight is 236 g/mol. The third kappa shape index (κ3) is 3.82. The third-order valence-corrected chi connectivity index (χ3v) is 2.85. The van der Waals surface area contributed by atoms with Crippen molar-refractivity contribution in [2.45, 2.75) is 25.4 Å². The van der Waals surface area contributed by atoms with Crippen LogP contribution >= 0.6 is 0 Å². The predicted octanol–water partition coefficient (Wildman–Crippen LogP) is 1.54. The molecule has 0 aliphatic heterocycles. The van der Waals surface area contributed by atoms with Gasteiger partial charge in [-0.2, -0.15) is 0 Å². The van der Waals surface area contributed by atoms with E-state index in [2.05, 4.69) is 5.32 Å². The van der Waals surface area contributed by atoms with Crippen molar-refractivity contribution in [2.24, 2.45) is 0 Å². The maximum Gasteiger partial charge on any atom is 0.236 e. The predicted molar refractivity (Wildman–Crippen MR) is 63.9 cm³/mol. The van der Waals surface area contributed by atoms with Crippen molar-refractivity contribution in [3.8, 4) is 0 Å². The smallest absolute Gasteiger partial charge is 0.236 e. The van der Waals surface area contributed by atoms with E-state index in [-0.39, 0.29) is 11.7 Å². The molecule has 1 aliphatic carbocycles. The number of nitrogens with one attached hydrogen (secondary N) is 1. The standard InChI is InChI=1S/C13H17FN2O/c1-16(13(17)8-15-12-5-6-12)9-10-3-2-4-11(14)7-10/h2-4,7,12,15H,5-6,8-9H2,1H3. The monoisotopic (exact) mass is 236 g/mol. The Labute approximate surface area is 101 Å². The van der Waals surface area contributed by atoms with Crippen molar-refractivity contribution in [2.75, 3.05) is 13.6 Å². The maximum absolute atomic E-state index is 13.0. The quantitative estimate of drug-likeness (QED) is 0.841. The van der Waals surface area contributed by atoms with E-state index in [0.29, 0.717) is 19.1 Å². The largest absolute Gasteiger partial charge is 0.340 e. The molecule has 0 aromatic heterocycles. The van der Waals surface area contributed by atoms with Gasteiger partial charge in [-0.1, -0.05) is 12.1 Å². The molecule has 0 atom stereocenters. The van der Waals surface area contributed by atoms with Crippen molar-refractivity contribution in [3.05, 3.63) is 35.6 Å². The molecule has 0 radical (unpaired) electrons. The fraction of sp³-hybridized carbons (Fsp3) is 0.462. The molecule has 1 fully saturated rings. The van der Waals surface area contributed by atoms with Crippen LogP contribution in [0.4, 0.5) is 4.39 Å². The summed E-state index contributed by atoms with van der Waals surface area (Å²) in [5.74, 6) is -0.222. The van der Waals surface area contributed by atoms with Crippen LogP contribution in [0, 0.1) is 5.82 Å². The molecule has 92 valence electrons. The summed E-state index contributed by atoms with van der Waals surface area (Å²) in [4.78, 5) is 13.3. The second-order valence-electron chi connectivity index (χ2n) is 4.53. The number of likely N-dealkylation sites (N-methyl/N-ethyl adjacent to an activating group) is 1. The molecular formula is C13H17FN2O. The van der Waals surface area contributed by atoms with E-state index in [1.807, 2.05) is 6.07 Å². The number of halogens is 1. The minimum absolute atomic E-state index is 0.0427. The normalized spacial score (nSPS) is 14.7. The lowest BCUT2D eigenvalue weighted by molar-refractivity contribution is -0.129. The lowest BCUT2D eigenvalue weighted by atomic mass is 10.2. The average Bonchev–Trinajstić information content (AvgIpc) is 3.09. The molecule has 4 heteroatoms. The lowest BCUT2D eigenvalue weighted by Gasteiger charge is -2.17. The van der Waals surface area contributed by atoms with Crippen LogP contribution in [0.5, 0.6) is 0 Å². The Morgan fingerprint density at radius 1 is 1.53 bits per heavy atom. The molecule has 2 rings (SSSR count). The van der Waals surface area contributed by atoms with Crippen molar-refractivity contribution in [3.63, 3.8) is 0 Å². The molecule has 1 aromatic carbocycles. The highest BCUT2D eigenvalue weighted by atomic mass is 19.1. The van der Waals surface area contributed by atoms with Crippen LogP contribution in [-0.4, -0.2) is 30.4 Å². The number of rotatable bonds is 5. The summed E-state index contributed by atoms with van der Waals surface area (Å²) in [5, 5.41) is 3.17. The number of carbonyl (C=O) groups is 1. The number of amides is 1. The molecule has 17 heavy (non-hydrogen) atoms. The molecular weight excluding hydrogens is 219 g/mol. The van der Waals surface area contributed by atoms with Gasteiger partial charge in [0.25, 0.3) is 0 Å². The molecule has 1 N–H and O–H groups in total. The first-order valence-electron chi connectivity index (χ1n) is 5.87. The Hall–Kier alpha value is -1.42. The Morgan fingerprint density at radius 2 is 2.29 bits per heavy atom. The van der Waals surface area contributed by atoms with Crippen molar-refractivity contribution in [1.29, 1.82) is 0 Å². The Morgan fingerprint density at radius 3 is 2.94 bits per heavy atom. The van der Waals surface area contributed by atoms with E-state index < -0.39 is 0 Å². The van der Waals surface area contributed by atoms with Crippen LogP contribution in [0.2, 0.25) is 0 Å². The highest BCUT2D eigenvalue weighted by molar-refractivity contribution is 5.78. The van der Waals surface area contributed by atoms with E-state index >= 15 is 0 Å². The van der Waals surface area contributed by atoms with Crippen LogP contribution in [0.25, 0.3) is 0 Å². The number of benzene rings is 1. The second kappa shape index (κ2) is 5.27. The van der Waals surface area contributed by atoms with Crippen LogP contribution in [0.3, 0.4) is 0 Å². The van der Waals surface area contributed by atoms with Gasteiger partial charge in [-0.15, -0.1) is 0 Å². The molecule has 1 aliphatic rings. The van der Waals surface area contributed by atoms with E-state index in [1.54, 1.807) is 18.0 Å². The Kier molecular flexibility index (Phi) is 3.74. The van der Waals surface area contributed by atoms with Crippen LogP contribution in [0.15, 0.2) is 24.3 Å². The van der Waals surface area contributed by atoms with Gasteiger partial charge in [0.2, 0.25) is 5.91 Å². The highest BCUT2D eigenvalue weighted by Crippen LogP contribution is 2.18. The van der Waals surface area contributed by atoms with Gasteiger partial charge in [-0.3, -0.25) is 4.79 Å². The summed E-state index contributed by atoms with van der Waals surface area (Å²) in [6, 6.07) is 6.87. The summed E-state index contributed by atoms with van der Waals surface area (Å²) in [6.07, 6.45) is 2.34. The molecule has 0 spiro atoms. The second-order valence-corrected chi connectivity index (χ2v) is 4.53. The number of carbonyl (C=O) groups excluding carboxylic acids is 1. The minimum Gasteiger partial charge on any atom is -0.340 e. The topological polar surface area (TPSA) is 32.3 Å². The minimum atomic E-state index is -0.264. The van der Waals surface area contributed by atoms with E-state index in [9.17, 15) is 9.18 Å². The first-order chi connectivity index (χ1) is 8.15. The molecule has 3 nitrogen and oxygen atoms in total. The van der Waals surface area contributed by atoms with Gasteiger partial charge < -0.3 is 10.2 Å². The van der Waals surface area contributed by atoms with Gasteiger partial charge in [0, 0.05) is 19.6 Å². The highest BCUT2D eigenvalue weighted by Gasteiger charge is 2.21. The molecule has 0 heterocycles. The summed E-state index contributed by atoms with van der Waals surface area (Å²) in [7, 11) is 1.74. The van der Waals surface area contributed by atoms with E-state index in [0.717, 1.165) is 5.56 Å². The van der Waals surface area contributed by atoms with E-state index in [4.69, 9.17) is 0 Å². The molecule has 0 saturated heterocycles. The van der Waals surface area contributed by atoms with Crippen LogP contribution in [-0.2, 0) is 11.3 Å². The Balaban J connectivity index is 1.82. The van der Waals surface area contributed by atoms with Crippen molar-refractivity contribution >= 4 is 5.91 Å². The molecule has 1 aromatic rings. The fourth-order valence-electron chi connectivity index (χ4n) is 1.65. The number of hydrogen-bond acceptors (Lipinski definition) is 2. The summed E-state index contributed by atoms with van der Waals surface area (Å²) < 4.78 is 13.0. The number of nitrogens with zero attached hydrogens (tertiary/aromatic N) is 1. The fourth-order valence-corrected chi connectivity index (χ4v) is 1.65. The summed E-state index contributed by atoms with van der Waals surface area (Å²) >= 11 is 0. The first kappa shape index (κ1) is 12.0. The molecule has 0 bridgehead atoms. The van der Waals surface area contributed by atoms with E-state index in [1.165, 1.54) is 25.0 Å². The maximum atomic E-state index is 13.0. The van der Waals surface area contributed by atoms with Gasteiger partial charge in [-0.25, -0.2) is 4.39 Å². The van der Waals surface area contributed by atoms with Gasteiger partial charge in [0.15, 0.2) is 0 Å². The van der Waals surface area contributed by atoms with Gasteiger partial charge in [0.05, 0.1) is 6.54 Å². The molecule has 1 amide bonds. The van der Waals surface area contributed by atoms with Crippen molar-refractivity contribution < 1.29 is 9.18 Å².